The predicted molar refractivity (Wildman–Crippen MR) is 87.8 cm³/mol. The number of thioether (sulfide) groups is 1. The highest BCUT2D eigenvalue weighted by molar-refractivity contribution is 7.98. The molecule has 0 bridgehead atoms. The number of rotatable bonds is 4. The summed E-state index contributed by atoms with van der Waals surface area (Å²) in [6.07, 6.45) is 7.12. The fourth-order valence-electron chi connectivity index (χ4n) is 2.15. The van der Waals surface area contributed by atoms with Crippen LogP contribution in [0.4, 0.5) is 0 Å². The van der Waals surface area contributed by atoms with Gasteiger partial charge in [-0.2, -0.15) is 9.61 Å². The van der Waals surface area contributed by atoms with Crippen molar-refractivity contribution in [3.8, 4) is 11.3 Å². The van der Waals surface area contributed by atoms with Gasteiger partial charge >= 0.3 is 0 Å². The maximum atomic E-state index is 4.64. The van der Waals surface area contributed by atoms with Crippen molar-refractivity contribution >= 4 is 17.4 Å². The van der Waals surface area contributed by atoms with E-state index in [1.165, 1.54) is 5.56 Å². The summed E-state index contributed by atoms with van der Waals surface area (Å²) in [6, 6.07) is 11.7. The van der Waals surface area contributed by atoms with Crippen LogP contribution >= 0.6 is 11.8 Å². The molecule has 0 amide bonds. The molecule has 0 spiro atoms. The first kappa shape index (κ1) is 13.8. The maximum Gasteiger partial charge on any atom is 0.212 e. The average molecular weight is 320 g/mol. The molecule has 0 aliphatic heterocycles. The van der Waals surface area contributed by atoms with Crippen LogP contribution in [0.15, 0.2) is 66.3 Å². The van der Waals surface area contributed by atoms with E-state index in [-0.39, 0.29) is 0 Å². The van der Waals surface area contributed by atoms with Gasteiger partial charge in [0.15, 0.2) is 5.65 Å². The topological polar surface area (TPSA) is 68.9 Å². The molecule has 0 saturated heterocycles. The molecule has 0 saturated carbocycles. The van der Waals surface area contributed by atoms with E-state index in [1.54, 1.807) is 41.1 Å². The molecule has 4 aromatic heterocycles. The summed E-state index contributed by atoms with van der Waals surface area (Å²) >= 11 is 1.60. The molecular formula is C16H12N6S. The molecular weight excluding hydrogens is 308 g/mol. The van der Waals surface area contributed by atoms with Crippen LogP contribution in [0.5, 0.6) is 0 Å². The van der Waals surface area contributed by atoms with E-state index in [0.717, 1.165) is 27.8 Å². The second-order valence-electron chi connectivity index (χ2n) is 4.86. The van der Waals surface area contributed by atoms with Crippen molar-refractivity contribution in [3.05, 3.63) is 66.7 Å². The minimum atomic E-state index is 0.731. The van der Waals surface area contributed by atoms with Gasteiger partial charge in [-0.1, -0.05) is 11.8 Å². The summed E-state index contributed by atoms with van der Waals surface area (Å²) in [5.41, 5.74) is 3.73. The molecule has 4 heterocycles. The molecule has 4 rings (SSSR count). The van der Waals surface area contributed by atoms with Gasteiger partial charge < -0.3 is 0 Å². The van der Waals surface area contributed by atoms with Gasteiger partial charge in [-0.15, -0.1) is 10.2 Å². The summed E-state index contributed by atoms with van der Waals surface area (Å²) in [6.45, 7) is 0. The Morgan fingerprint density at radius 2 is 1.83 bits per heavy atom. The molecule has 0 fully saturated rings. The van der Waals surface area contributed by atoms with E-state index in [0.29, 0.717) is 0 Å². The highest BCUT2D eigenvalue weighted by atomic mass is 32.2. The standard InChI is InChI=1S/C16H12N6S/c1-2-13(10-18-7-1)14-3-4-15-19-20-16(22(15)21-14)23-11-12-5-8-17-9-6-12/h1-10H,11H2. The first-order valence-electron chi connectivity index (χ1n) is 7.05. The second kappa shape index (κ2) is 6.13. The van der Waals surface area contributed by atoms with Gasteiger partial charge in [0.2, 0.25) is 5.16 Å². The lowest BCUT2D eigenvalue weighted by Gasteiger charge is -2.03. The molecule has 0 N–H and O–H groups in total. The van der Waals surface area contributed by atoms with Crippen molar-refractivity contribution in [2.24, 2.45) is 0 Å². The molecule has 0 radical (unpaired) electrons. The predicted octanol–water partition coefficient (Wildman–Crippen LogP) is 2.87. The number of hydrogen-bond acceptors (Lipinski definition) is 6. The van der Waals surface area contributed by atoms with E-state index in [9.17, 15) is 0 Å². The maximum absolute atomic E-state index is 4.64. The summed E-state index contributed by atoms with van der Waals surface area (Å²) in [4.78, 5) is 8.16. The lowest BCUT2D eigenvalue weighted by atomic mass is 10.2. The summed E-state index contributed by atoms with van der Waals surface area (Å²) < 4.78 is 1.77. The summed E-state index contributed by atoms with van der Waals surface area (Å²) in [7, 11) is 0. The lowest BCUT2D eigenvalue weighted by Crippen LogP contribution is -1.96. The SMILES string of the molecule is c1cncc(-c2ccc3nnc(SCc4ccncc4)n3n2)c1. The smallest absolute Gasteiger partial charge is 0.212 e. The zero-order chi connectivity index (χ0) is 15.5. The third-order valence-corrected chi connectivity index (χ3v) is 4.30. The van der Waals surface area contributed by atoms with Gasteiger partial charge in [-0.05, 0) is 42.0 Å². The van der Waals surface area contributed by atoms with E-state index in [2.05, 4.69) is 25.3 Å². The van der Waals surface area contributed by atoms with Crippen LogP contribution in [0, 0.1) is 0 Å². The van der Waals surface area contributed by atoms with Crippen molar-refractivity contribution < 1.29 is 0 Å². The quantitative estimate of drug-likeness (QED) is 0.539. The van der Waals surface area contributed by atoms with E-state index in [1.807, 2.05) is 36.4 Å². The number of hydrogen-bond donors (Lipinski definition) is 0. The van der Waals surface area contributed by atoms with Gasteiger partial charge in [0.1, 0.15) is 0 Å². The van der Waals surface area contributed by atoms with Crippen LogP contribution < -0.4 is 0 Å². The number of fused-ring (bicyclic) bond motifs is 1. The number of pyridine rings is 2. The van der Waals surface area contributed by atoms with Gasteiger partial charge in [0, 0.05) is 36.1 Å². The van der Waals surface area contributed by atoms with Crippen molar-refractivity contribution in [2.75, 3.05) is 0 Å². The molecule has 23 heavy (non-hydrogen) atoms. The van der Waals surface area contributed by atoms with Crippen LogP contribution in [-0.2, 0) is 5.75 Å². The molecule has 0 aliphatic carbocycles. The van der Waals surface area contributed by atoms with Crippen LogP contribution in [0.2, 0.25) is 0 Å². The van der Waals surface area contributed by atoms with Gasteiger partial charge in [0.05, 0.1) is 5.69 Å². The molecule has 112 valence electrons. The molecule has 0 aromatic carbocycles. The zero-order valence-electron chi connectivity index (χ0n) is 12.1. The highest BCUT2D eigenvalue weighted by Gasteiger charge is 2.09. The van der Waals surface area contributed by atoms with Crippen molar-refractivity contribution in [1.82, 2.24) is 29.8 Å². The average Bonchev–Trinajstić information content (AvgIpc) is 3.04. The van der Waals surface area contributed by atoms with Gasteiger partial charge in [0.25, 0.3) is 0 Å². The second-order valence-corrected chi connectivity index (χ2v) is 5.80. The third kappa shape index (κ3) is 2.91. The Labute approximate surface area is 136 Å². The Morgan fingerprint density at radius 1 is 0.913 bits per heavy atom. The fourth-order valence-corrected chi connectivity index (χ4v) is 3.00. The molecule has 0 aliphatic rings. The van der Waals surface area contributed by atoms with Crippen LogP contribution in [0.1, 0.15) is 5.56 Å². The molecule has 0 atom stereocenters. The zero-order valence-corrected chi connectivity index (χ0v) is 12.9. The Morgan fingerprint density at radius 3 is 2.65 bits per heavy atom. The number of aromatic nitrogens is 6. The Bertz CT molecular complexity index is 923. The van der Waals surface area contributed by atoms with E-state index < -0.39 is 0 Å². The van der Waals surface area contributed by atoms with Gasteiger partial charge in [-0.25, -0.2) is 0 Å². The third-order valence-electron chi connectivity index (χ3n) is 3.31. The van der Waals surface area contributed by atoms with Crippen molar-refractivity contribution in [2.45, 2.75) is 10.9 Å². The Balaban J connectivity index is 1.65. The molecule has 7 heteroatoms. The monoisotopic (exact) mass is 320 g/mol. The van der Waals surface area contributed by atoms with Crippen LogP contribution in [0.25, 0.3) is 16.9 Å². The summed E-state index contributed by atoms with van der Waals surface area (Å²) in [5, 5.41) is 13.8. The molecule has 0 unspecified atom stereocenters. The Kier molecular flexibility index (Phi) is 3.69. The van der Waals surface area contributed by atoms with Crippen molar-refractivity contribution in [1.29, 1.82) is 0 Å². The fraction of sp³-hybridized carbons (Fsp3) is 0.0625. The molecule has 6 nitrogen and oxygen atoms in total. The largest absolute Gasteiger partial charge is 0.265 e. The lowest BCUT2D eigenvalue weighted by molar-refractivity contribution is 0.812. The van der Waals surface area contributed by atoms with E-state index in [4.69, 9.17) is 0 Å². The minimum absolute atomic E-state index is 0.731. The first-order chi connectivity index (χ1) is 11.4. The van der Waals surface area contributed by atoms with Crippen LogP contribution in [0.3, 0.4) is 0 Å². The molecule has 4 aromatic rings. The normalized spacial score (nSPS) is 11.0. The minimum Gasteiger partial charge on any atom is -0.265 e. The highest BCUT2D eigenvalue weighted by Crippen LogP contribution is 2.22. The van der Waals surface area contributed by atoms with Gasteiger partial charge in [-0.3, -0.25) is 9.97 Å². The number of nitrogens with zero attached hydrogens (tertiary/aromatic N) is 6. The first-order valence-corrected chi connectivity index (χ1v) is 8.03. The Hall–Kier alpha value is -2.80. The summed E-state index contributed by atoms with van der Waals surface area (Å²) in [5.74, 6) is 0.794. The van der Waals surface area contributed by atoms with Crippen molar-refractivity contribution in [3.63, 3.8) is 0 Å². The van der Waals surface area contributed by atoms with Crippen LogP contribution in [-0.4, -0.2) is 29.8 Å². The van der Waals surface area contributed by atoms with E-state index >= 15 is 0 Å².